The number of anilines is 2. The van der Waals surface area contributed by atoms with E-state index >= 15 is 0 Å². The number of hydrogen-bond acceptors (Lipinski definition) is 5. The van der Waals surface area contributed by atoms with Gasteiger partial charge in [0.15, 0.2) is 0 Å². The van der Waals surface area contributed by atoms with Crippen LogP contribution in [0.4, 0.5) is 11.4 Å². The molecule has 2 aromatic carbocycles. The number of amides is 1. The number of nitrogens with two attached hydrogens (primary N) is 1. The number of piperazine rings is 1. The van der Waals surface area contributed by atoms with Gasteiger partial charge in [0, 0.05) is 44.1 Å². The van der Waals surface area contributed by atoms with Gasteiger partial charge < -0.3 is 20.7 Å². The normalized spacial score (nSPS) is 14.0. The number of nitrogens with zero attached hydrogens (tertiary/aromatic N) is 2. The van der Waals surface area contributed by atoms with Gasteiger partial charge in [0.25, 0.3) is 5.91 Å². The van der Waals surface area contributed by atoms with Crippen molar-refractivity contribution in [3.8, 4) is 5.75 Å². The highest BCUT2D eigenvalue weighted by Crippen LogP contribution is 2.18. The number of carbonyl (C=O) groups excluding carboxylic acids is 1. The van der Waals surface area contributed by atoms with Crippen LogP contribution < -0.4 is 15.8 Å². The minimum absolute atomic E-state index is 0. The molecule has 0 atom stereocenters. The van der Waals surface area contributed by atoms with E-state index in [1.165, 1.54) is 0 Å². The second-order valence-electron chi connectivity index (χ2n) is 6.56. The SMILES string of the molecule is CN1CCN(CCOc2ccc(NC(=O)c3ccccc3N)cc2)CC1.Cl.Cl.Cl. The first-order valence-electron chi connectivity index (χ1n) is 8.91. The highest BCUT2D eigenvalue weighted by Gasteiger charge is 2.13. The van der Waals surface area contributed by atoms with Crippen molar-refractivity contribution in [1.82, 2.24) is 9.80 Å². The molecule has 1 aliphatic rings. The molecule has 1 heterocycles. The fourth-order valence-electron chi connectivity index (χ4n) is 2.90. The molecule has 3 N–H and O–H groups in total. The van der Waals surface area contributed by atoms with Gasteiger partial charge in [-0.15, -0.1) is 37.2 Å². The van der Waals surface area contributed by atoms with Crippen LogP contribution in [0.2, 0.25) is 0 Å². The molecule has 0 bridgehead atoms. The van der Waals surface area contributed by atoms with Crippen molar-refractivity contribution in [3.63, 3.8) is 0 Å². The highest BCUT2D eigenvalue weighted by molar-refractivity contribution is 6.07. The molecule has 3 rings (SSSR count). The van der Waals surface area contributed by atoms with Crippen molar-refractivity contribution in [2.45, 2.75) is 0 Å². The average Bonchev–Trinajstić information content (AvgIpc) is 2.65. The Kier molecular flexibility index (Phi) is 12.7. The van der Waals surface area contributed by atoms with E-state index in [1.54, 1.807) is 24.3 Å². The Hall–Kier alpha value is -1.70. The lowest BCUT2D eigenvalue weighted by molar-refractivity contribution is 0.102. The smallest absolute Gasteiger partial charge is 0.257 e. The second-order valence-corrected chi connectivity index (χ2v) is 6.56. The minimum Gasteiger partial charge on any atom is -0.492 e. The van der Waals surface area contributed by atoms with Gasteiger partial charge in [-0.25, -0.2) is 0 Å². The third-order valence-electron chi connectivity index (χ3n) is 4.59. The van der Waals surface area contributed by atoms with Crippen LogP contribution in [-0.4, -0.2) is 62.1 Å². The zero-order chi connectivity index (χ0) is 18.4. The number of nitrogens with one attached hydrogen (secondary N) is 1. The van der Waals surface area contributed by atoms with E-state index in [-0.39, 0.29) is 43.1 Å². The quantitative estimate of drug-likeness (QED) is 0.642. The maximum Gasteiger partial charge on any atom is 0.257 e. The third kappa shape index (κ3) is 8.28. The molecule has 0 unspecified atom stereocenters. The topological polar surface area (TPSA) is 70.8 Å². The Balaban J connectivity index is 0.00000261. The predicted molar refractivity (Wildman–Crippen MR) is 126 cm³/mol. The molecule has 0 radical (unpaired) electrons. The van der Waals surface area contributed by atoms with Crippen LogP contribution in [0.15, 0.2) is 48.5 Å². The number of benzene rings is 2. The van der Waals surface area contributed by atoms with Crippen molar-refractivity contribution < 1.29 is 9.53 Å². The Morgan fingerprint density at radius 1 is 1.00 bits per heavy atom. The molecule has 2 aromatic rings. The third-order valence-corrected chi connectivity index (χ3v) is 4.59. The van der Waals surface area contributed by atoms with E-state index < -0.39 is 0 Å². The maximum atomic E-state index is 12.3. The molecule has 0 aliphatic carbocycles. The molecule has 29 heavy (non-hydrogen) atoms. The van der Waals surface area contributed by atoms with Gasteiger partial charge in [-0.05, 0) is 43.4 Å². The fourth-order valence-corrected chi connectivity index (χ4v) is 2.90. The van der Waals surface area contributed by atoms with E-state index in [0.29, 0.717) is 23.5 Å². The van der Waals surface area contributed by atoms with Crippen LogP contribution in [0.3, 0.4) is 0 Å². The molecule has 1 aliphatic heterocycles. The van der Waals surface area contributed by atoms with Crippen molar-refractivity contribution in [2.24, 2.45) is 0 Å². The summed E-state index contributed by atoms with van der Waals surface area (Å²) in [7, 11) is 2.15. The predicted octanol–water partition coefficient (Wildman–Crippen LogP) is 3.41. The van der Waals surface area contributed by atoms with E-state index in [1.807, 2.05) is 24.3 Å². The van der Waals surface area contributed by atoms with E-state index in [0.717, 1.165) is 38.5 Å². The molecular weight excluding hydrogens is 435 g/mol. The molecule has 0 saturated carbocycles. The van der Waals surface area contributed by atoms with Crippen molar-refractivity contribution in [3.05, 3.63) is 54.1 Å². The van der Waals surface area contributed by atoms with Crippen molar-refractivity contribution in [2.75, 3.05) is 57.4 Å². The molecule has 0 aromatic heterocycles. The molecule has 6 nitrogen and oxygen atoms in total. The van der Waals surface area contributed by atoms with Gasteiger partial charge >= 0.3 is 0 Å². The van der Waals surface area contributed by atoms with Gasteiger partial charge in [-0.2, -0.15) is 0 Å². The number of para-hydroxylation sites is 1. The Morgan fingerprint density at radius 2 is 1.62 bits per heavy atom. The summed E-state index contributed by atoms with van der Waals surface area (Å²) >= 11 is 0. The first kappa shape index (κ1) is 27.3. The van der Waals surface area contributed by atoms with Crippen molar-refractivity contribution in [1.29, 1.82) is 0 Å². The average molecular weight is 464 g/mol. The Morgan fingerprint density at radius 3 is 2.24 bits per heavy atom. The summed E-state index contributed by atoms with van der Waals surface area (Å²) in [4.78, 5) is 17.0. The number of nitrogen functional groups attached to an aromatic ring is 1. The van der Waals surface area contributed by atoms with Gasteiger partial charge in [-0.1, -0.05) is 12.1 Å². The number of ether oxygens (including phenoxy) is 1. The lowest BCUT2D eigenvalue weighted by Crippen LogP contribution is -2.45. The molecule has 9 heteroatoms. The van der Waals surface area contributed by atoms with Crippen LogP contribution >= 0.6 is 37.2 Å². The lowest BCUT2D eigenvalue weighted by Gasteiger charge is -2.32. The van der Waals surface area contributed by atoms with Crippen LogP contribution in [0.1, 0.15) is 10.4 Å². The lowest BCUT2D eigenvalue weighted by atomic mass is 10.1. The van der Waals surface area contributed by atoms with Gasteiger partial charge in [0.2, 0.25) is 0 Å². The second kappa shape index (κ2) is 13.5. The first-order chi connectivity index (χ1) is 12.6. The summed E-state index contributed by atoms with van der Waals surface area (Å²) in [5.74, 6) is 0.586. The minimum atomic E-state index is -0.216. The van der Waals surface area contributed by atoms with Crippen LogP contribution in [0.25, 0.3) is 0 Å². The summed E-state index contributed by atoms with van der Waals surface area (Å²) in [5, 5.41) is 2.85. The summed E-state index contributed by atoms with van der Waals surface area (Å²) in [6.07, 6.45) is 0. The summed E-state index contributed by atoms with van der Waals surface area (Å²) in [5.41, 5.74) is 7.49. The van der Waals surface area contributed by atoms with Gasteiger partial charge in [-0.3, -0.25) is 9.69 Å². The molecule has 0 spiro atoms. The number of halogens is 3. The number of carbonyl (C=O) groups is 1. The zero-order valence-electron chi connectivity index (χ0n) is 16.4. The largest absolute Gasteiger partial charge is 0.492 e. The summed E-state index contributed by atoms with van der Waals surface area (Å²) < 4.78 is 5.81. The van der Waals surface area contributed by atoms with Gasteiger partial charge in [0.1, 0.15) is 12.4 Å². The Bertz CT molecular complexity index is 739. The molecular formula is C20H29Cl3N4O2. The highest BCUT2D eigenvalue weighted by atomic mass is 35.5. The number of rotatable bonds is 6. The number of hydrogen-bond donors (Lipinski definition) is 2. The van der Waals surface area contributed by atoms with Crippen LogP contribution in [0, 0.1) is 0 Å². The fraction of sp³-hybridized carbons (Fsp3) is 0.350. The van der Waals surface area contributed by atoms with E-state index in [4.69, 9.17) is 10.5 Å². The van der Waals surface area contributed by atoms with Crippen LogP contribution in [-0.2, 0) is 0 Å². The molecule has 1 amide bonds. The summed E-state index contributed by atoms with van der Waals surface area (Å²) in [6, 6.07) is 14.4. The standard InChI is InChI=1S/C20H26N4O2.3ClH/c1-23-10-12-24(13-11-23)14-15-26-17-8-6-16(7-9-17)22-20(25)18-4-2-3-5-19(18)21;;;/h2-9H,10-15,21H2,1H3,(H,22,25);3*1H. The maximum absolute atomic E-state index is 12.3. The molecule has 1 saturated heterocycles. The van der Waals surface area contributed by atoms with Gasteiger partial charge in [0.05, 0.1) is 5.56 Å². The molecule has 162 valence electrons. The summed E-state index contributed by atoms with van der Waals surface area (Å²) in [6.45, 7) is 6.00. The van der Waals surface area contributed by atoms with E-state index in [2.05, 4.69) is 22.2 Å². The number of likely N-dealkylation sites (N-methyl/N-ethyl adjacent to an activating group) is 1. The zero-order valence-corrected chi connectivity index (χ0v) is 18.8. The van der Waals surface area contributed by atoms with Crippen molar-refractivity contribution >= 4 is 54.5 Å². The monoisotopic (exact) mass is 462 g/mol. The Labute approximate surface area is 191 Å². The van der Waals surface area contributed by atoms with E-state index in [9.17, 15) is 4.79 Å². The first-order valence-corrected chi connectivity index (χ1v) is 8.91. The van der Waals surface area contributed by atoms with Crippen LogP contribution in [0.5, 0.6) is 5.75 Å². The molecule has 1 fully saturated rings.